The summed E-state index contributed by atoms with van der Waals surface area (Å²) in [6.45, 7) is 6.23. The van der Waals surface area contributed by atoms with Crippen LogP contribution in [0.25, 0.3) is 0 Å². The molecule has 1 aliphatic heterocycles. The molecule has 0 N–H and O–H groups in total. The zero-order valence-corrected chi connectivity index (χ0v) is 11.7. The molecule has 1 saturated heterocycles. The van der Waals surface area contributed by atoms with Gasteiger partial charge in [0.2, 0.25) is 10.0 Å². The van der Waals surface area contributed by atoms with Crippen molar-refractivity contribution in [1.29, 1.82) is 0 Å². The van der Waals surface area contributed by atoms with Crippen molar-refractivity contribution in [3.05, 3.63) is 0 Å². The van der Waals surface area contributed by atoms with Gasteiger partial charge in [0.05, 0.1) is 17.5 Å². The fourth-order valence-electron chi connectivity index (χ4n) is 1.59. The van der Waals surface area contributed by atoms with Crippen LogP contribution in [0.2, 0.25) is 0 Å². The summed E-state index contributed by atoms with van der Waals surface area (Å²) in [6, 6.07) is 0. The molecule has 90 valence electrons. The largest absolute Gasteiger partial charge is 0.372 e. The molecular formula is C9H18BrNO3S. The van der Waals surface area contributed by atoms with Crippen LogP contribution in [-0.2, 0) is 14.8 Å². The minimum Gasteiger partial charge on any atom is -0.372 e. The summed E-state index contributed by atoms with van der Waals surface area (Å²) in [6.07, 6.45) is -0.0721. The second kappa shape index (κ2) is 5.12. The standard InChI is InChI=1S/C9H18BrNO3S/c1-7(2)15(12,13)11-5-8(3)14-9(4-10)6-11/h7-9H,4-6H2,1-3H3. The lowest BCUT2D eigenvalue weighted by Crippen LogP contribution is -2.51. The third kappa shape index (κ3) is 3.15. The van der Waals surface area contributed by atoms with Gasteiger partial charge in [0.15, 0.2) is 0 Å². The summed E-state index contributed by atoms with van der Waals surface area (Å²) in [5, 5.41) is 0.306. The normalized spacial score (nSPS) is 29.7. The molecule has 1 rings (SSSR count). The van der Waals surface area contributed by atoms with Crippen LogP contribution in [0.3, 0.4) is 0 Å². The van der Waals surface area contributed by atoms with E-state index in [9.17, 15) is 8.42 Å². The molecule has 15 heavy (non-hydrogen) atoms. The Morgan fingerprint density at radius 2 is 2.07 bits per heavy atom. The molecule has 0 amide bonds. The van der Waals surface area contributed by atoms with Crippen LogP contribution in [0.4, 0.5) is 0 Å². The molecule has 0 saturated carbocycles. The van der Waals surface area contributed by atoms with E-state index < -0.39 is 10.0 Å². The highest BCUT2D eigenvalue weighted by Crippen LogP contribution is 2.18. The molecule has 0 aromatic carbocycles. The zero-order valence-electron chi connectivity index (χ0n) is 9.31. The Labute approximate surface area is 100 Å². The average Bonchev–Trinajstić information content (AvgIpc) is 2.16. The highest BCUT2D eigenvalue weighted by molar-refractivity contribution is 9.09. The molecule has 1 fully saturated rings. The van der Waals surface area contributed by atoms with Gasteiger partial charge in [-0.3, -0.25) is 0 Å². The van der Waals surface area contributed by atoms with Gasteiger partial charge in [0.1, 0.15) is 0 Å². The van der Waals surface area contributed by atoms with Crippen LogP contribution >= 0.6 is 15.9 Å². The molecule has 4 nitrogen and oxygen atoms in total. The third-order valence-corrected chi connectivity index (χ3v) is 5.35. The van der Waals surface area contributed by atoms with Crippen molar-refractivity contribution in [3.8, 4) is 0 Å². The Bertz CT molecular complexity index is 304. The maximum Gasteiger partial charge on any atom is 0.216 e. The molecule has 0 aromatic heterocycles. The number of ether oxygens (including phenoxy) is 1. The topological polar surface area (TPSA) is 46.6 Å². The smallest absolute Gasteiger partial charge is 0.216 e. The lowest BCUT2D eigenvalue weighted by atomic mass is 10.3. The maximum atomic E-state index is 11.9. The van der Waals surface area contributed by atoms with Gasteiger partial charge in [-0.2, -0.15) is 4.31 Å². The van der Waals surface area contributed by atoms with E-state index in [1.807, 2.05) is 6.92 Å². The molecular weight excluding hydrogens is 282 g/mol. The Morgan fingerprint density at radius 3 is 2.53 bits per heavy atom. The molecule has 1 heterocycles. The first-order chi connectivity index (χ1) is 6.87. The average molecular weight is 300 g/mol. The Morgan fingerprint density at radius 1 is 1.47 bits per heavy atom. The number of hydrogen-bond acceptors (Lipinski definition) is 3. The number of nitrogens with zero attached hydrogens (tertiary/aromatic N) is 1. The highest BCUT2D eigenvalue weighted by Gasteiger charge is 2.33. The highest BCUT2D eigenvalue weighted by atomic mass is 79.9. The predicted molar refractivity (Wildman–Crippen MR) is 63.8 cm³/mol. The Hall–Kier alpha value is 0.350. The Balaban J connectivity index is 2.78. The Kier molecular flexibility index (Phi) is 4.58. The maximum absolute atomic E-state index is 11.9. The summed E-state index contributed by atoms with van der Waals surface area (Å²) in [7, 11) is -3.14. The molecule has 0 radical (unpaired) electrons. The second-order valence-electron chi connectivity index (χ2n) is 4.13. The van der Waals surface area contributed by atoms with E-state index in [0.717, 1.165) is 0 Å². The van der Waals surface area contributed by atoms with Crippen molar-refractivity contribution in [2.45, 2.75) is 38.2 Å². The number of sulfonamides is 1. The first-order valence-corrected chi connectivity index (χ1v) is 7.70. The van der Waals surface area contributed by atoms with E-state index in [0.29, 0.717) is 18.4 Å². The van der Waals surface area contributed by atoms with Crippen LogP contribution in [0, 0.1) is 0 Å². The van der Waals surface area contributed by atoms with E-state index in [1.165, 1.54) is 4.31 Å². The van der Waals surface area contributed by atoms with Gasteiger partial charge in [-0.15, -0.1) is 0 Å². The van der Waals surface area contributed by atoms with Gasteiger partial charge < -0.3 is 4.74 Å². The van der Waals surface area contributed by atoms with Gasteiger partial charge >= 0.3 is 0 Å². The first-order valence-electron chi connectivity index (χ1n) is 5.08. The quantitative estimate of drug-likeness (QED) is 0.736. The number of hydrogen-bond donors (Lipinski definition) is 0. The molecule has 0 aliphatic carbocycles. The van der Waals surface area contributed by atoms with E-state index in [2.05, 4.69) is 15.9 Å². The van der Waals surface area contributed by atoms with E-state index >= 15 is 0 Å². The van der Waals surface area contributed by atoms with Crippen LogP contribution in [0.1, 0.15) is 20.8 Å². The predicted octanol–water partition coefficient (Wildman–Crippen LogP) is 1.21. The fourth-order valence-corrected chi connectivity index (χ4v) is 3.34. The van der Waals surface area contributed by atoms with Crippen LogP contribution in [0.5, 0.6) is 0 Å². The van der Waals surface area contributed by atoms with Gasteiger partial charge in [-0.1, -0.05) is 15.9 Å². The number of alkyl halides is 1. The lowest BCUT2D eigenvalue weighted by Gasteiger charge is -2.36. The number of rotatable bonds is 3. The van der Waals surface area contributed by atoms with Gasteiger partial charge in [-0.25, -0.2) is 8.42 Å². The molecule has 2 unspecified atom stereocenters. The van der Waals surface area contributed by atoms with Crippen LogP contribution in [0.15, 0.2) is 0 Å². The van der Waals surface area contributed by atoms with Crippen molar-refractivity contribution in [3.63, 3.8) is 0 Å². The van der Waals surface area contributed by atoms with Gasteiger partial charge in [-0.05, 0) is 20.8 Å². The molecule has 6 heteroatoms. The monoisotopic (exact) mass is 299 g/mol. The van der Waals surface area contributed by atoms with Crippen LogP contribution < -0.4 is 0 Å². The third-order valence-electron chi connectivity index (χ3n) is 2.42. The summed E-state index contributed by atoms with van der Waals surface area (Å²) >= 11 is 3.32. The SMILES string of the molecule is CC1CN(S(=O)(=O)C(C)C)CC(CBr)O1. The fraction of sp³-hybridized carbons (Fsp3) is 1.00. The molecule has 0 spiro atoms. The second-order valence-corrected chi connectivity index (χ2v) is 7.27. The van der Waals surface area contributed by atoms with E-state index in [1.54, 1.807) is 13.8 Å². The zero-order chi connectivity index (χ0) is 11.6. The first kappa shape index (κ1) is 13.4. The summed E-state index contributed by atoms with van der Waals surface area (Å²) in [4.78, 5) is 0. The number of halogens is 1. The van der Waals surface area contributed by atoms with E-state index in [-0.39, 0.29) is 17.5 Å². The lowest BCUT2D eigenvalue weighted by molar-refractivity contribution is -0.0412. The van der Waals surface area contributed by atoms with Crippen molar-refractivity contribution in [1.82, 2.24) is 4.31 Å². The minimum atomic E-state index is -3.14. The summed E-state index contributed by atoms with van der Waals surface area (Å²) in [5.41, 5.74) is 0. The molecule has 0 aromatic rings. The van der Waals surface area contributed by atoms with Crippen molar-refractivity contribution >= 4 is 26.0 Å². The molecule has 2 atom stereocenters. The minimum absolute atomic E-state index is 0.0326. The molecule has 0 bridgehead atoms. The van der Waals surface area contributed by atoms with Crippen molar-refractivity contribution in [2.75, 3.05) is 18.4 Å². The van der Waals surface area contributed by atoms with E-state index in [4.69, 9.17) is 4.74 Å². The summed E-state index contributed by atoms with van der Waals surface area (Å²) in [5.74, 6) is 0. The van der Waals surface area contributed by atoms with Crippen molar-refractivity contribution in [2.24, 2.45) is 0 Å². The summed E-state index contributed by atoms with van der Waals surface area (Å²) < 4.78 is 31.0. The molecule has 1 aliphatic rings. The van der Waals surface area contributed by atoms with Crippen LogP contribution in [-0.4, -0.2) is 48.6 Å². The van der Waals surface area contributed by atoms with Crippen molar-refractivity contribution < 1.29 is 13.2 Å². The van der Waals surface area contributed by atoms with Gasteiger partial charge in [0.25, 0.3) is 0 Å². The number of morpholine rings is 1. The van der Waals surface area contributed by atoms with Gasteiger partial charge in [0, 0.05) is 18.4 Å².